The van der Waals surface area contributed by atoms with E-state index in [0.717, 1.165) is 5.56 Å². The van der Waals surface area contributed by atoms with Gasteiger partial charge in [0.15, 0.2) is 0 Å². The molecule has 3 aromatic rings. The Hall–Kier alpha value is -3.86. The molecule has 0 spiro atoms. The van der Waals surface area contributed by atoms with E-state index in [1.807, 2.05) is 19.1 Å². The van der Waals surface area contributed by atoms with Crippen LogP contribution in [0.5, 0.6) is 5.75 Å². The lowest BCUT2D eigenvalue weighted by Gasteiger charge is -2.25. The highest BCUT2D eigenvalue weighted by Gasteiger charge is 2.29. The van der Waals surface area contributed by atoms with E-state index in [2.05, 4.69) is 11.2 Å². The van der Waals surface area contributed by atoms with Crippen molar-refractivity contribution in [2.24, 2.45) is 7.05 Å². The van der Waals surface area contributed by atoms with Crippen molar-refractivity contribution < 1.29 is 14.3 Å². The van der Waals surface area contributed by atoms with Gasteiger partial charge in [-0.05, 0) is 45.9 Å². The van der Waals surface area contributed by atoms with Crippen LogP contribution in [0.15, 0.2) is 47.5 Å². The number of hydrogen-bond acceptors (Lipinski definition) is 6. The van der Waals surface area contributed by atoms with Gasteiger partial charge in [0, 0.05) is 36.9 Å². The molecular formula is C25H28N4O4. The van der Waals surface area contributed by atoms with Gasteiger partial charge in [0.25, 0.3) is 5.56 Å². The maximum Gasteiger partial charge on any atom is 0.330 e. The topological polar surface area (TPSA) is 99.1 Å². The largest absolute Gasteiger partial charge is 0.495 e. The van der Waals surface area contributed by atoms with Crippen LogP contribution in [0.3, 0.4) is 0 Å². The summed E-state index contributed by atoms with van der Waals surface area (Å²) < 4.78 is 14.1. The number of nitrogens with zero attached hydrogens (tertiary/aromatic N) is 4. The van der Waals surface area contributed by atoms with Crippen molar-refractivity contribution in [2.45, 2.75) is 45.8 Å². The normalized spacial score (nSPS) is 12.2. The number of benzene rings is 1. The molecule has 0 aliphatic rings. The third-order valence-electron chi connectivity index (χ3n) is 5.04. The van der Waals surface area contributed by atoms with Crippen LogP contribution < -0.4 is 10.3 Å². The number of esters is 1. The van der Waals surface area contributed by atoms with Gasteiger partial charge in [-0.1, -0.05) is 11.6 Å². The van der Waals surface area contributed by atoms with Crippen LogP contribution >= 0.6 is 0 Å². The number of rotatable bonds is 6. The second kappa shape index (κ2) is 9.33. The zero-order valence-electron chi connectivity index (χ0n) is 19.7. The maximum atomic E-state index is 13.3. The molecule has 0 saturated carbocycles. The number of aryl methyl sites for hydroxylation is 2. The Morgan fingerprint density at radius 3 is 2.52 bits per heavy atom. The van der Waals surface area contributed by atoms with Crippen LogP contribution in [0.4, 0.5) is 0 Å². The van der Waals surface area contributed by atoms with Crippen LogP contribution in [0.2, 0.25) is 0 Å². The van der Waals surface area contributed by atoms with E-state index in [4.69, 9.17) is 9.47 Å². The molecule has 172 valence electrons. The number of carbonyl (C=O) groups is 1. The van der Waals surface area contributed by atoms with Crippen molar-refractivity contribution in [1.82, 2.24) is 14.3 Å². The number of aromatic nitrogens is 3. The van der Waals surface area contributed by atoms with Crippen LogP contribution in [-0.2, 0) is 23.0 Å². The first-order valence-electron chi connectivity index (χ1n) is 10.5. The number of ether oxygens (including phenoxy) is 2. The van der Waals surface area contributed by atoms with E-state index in [1.54, 1.807) is 50.8 Å². The van der Waals surface area contributed by atoms with Crippen LogP contribution in [0.25, 0.3) is 11.1 Å². The molecule has 1 unspecified atom stereocenters. The van der Waals surface area contributed by atoms with Gasteiger partial charge in [0.05, 0.1) is 30.6 Å². The highest BCUT2D eigenvalue weighted by Crippen LogP contribution is 2.32. The first kappa shape index (κ1) is 23.8. The van der Waals surface area contributed by atoms with E-state index < -0.39 is 23.2 Å². The first-order chi connectivity index (χ1) is 15.5. The lowest BCUT2D eigenvalue weighted by Crippen LogP contribution is -2.36. The Kier molecular flexibility index (Phi) is 6.73. The molecule has 1 aromatic carbocycles. The SMILES string of the molecule is COc1cn(C(Cc2ccn(C)n2)C(=O)OC(C)(C)C)c(=O)cc1-c1cc(C)ccc1C#N. The standard InChI is InChI=1S/C25H28N4O4/c1-16-7-8-17(14-26)19(11-16)20-13-23(30)29(15-22(20)32-6)21(24(31)33-25(2,3)4)12-18-9-10-28(5)27-18/h7-11,13,15,21H,12H2,1-6H3. The summed E-state index contributed by atoms with van der Waals surface area (Å²) in [4.78, 5) is 26.4. The molecule has 2 aromatic heterocycles. The number of carbonyl (C=O) groups excluding carboxylic acids is 1. The van der Waals surface area contributed by atoms with Crippen molar-refractivity contribution in [3.8, 4) is 22.9 Å². The molecule has 2 heterocycles. The number of pyridine rings is 1. The lowest BCUT2D eigenvalue weighted by molar-refractivity contribution is -0.159. The predicted molar refractivity (Wildman–Crippen MR) is 124 cm³/mol. The fourth-order valence-corrected chi connectivity index (χ4v) is 3.56. The van der Waals surface area contributed by atoms with Gasteiger partial charge >= 0.3 is 5.97 Å². The Morgan fingerprint density at radius 1 is 1.21 bits per heavy atom. The van der Waals surface area contributed by atoms with Crippen molar-refractivity contribution in [3.05, 3.63) is 69.9 Å². The molecule has 3 rings (SSSR count). The van der Waals surface area contributed by atoms with E-state index >= 15 is 0 Å². The summed E-state index contributed by atoms with van der Waals surface area (Å²) in [5.41, 5.74) is 1.95. The van der Waals surface area contributed by atoms with Gasteiger partial charge in [-0.25, -0.2) is 4.79 Å². The Morgan fingerprint density at radius 2 is 1.94 bits per heavy atom. The monoisotopic (exact) mass is 448 g/mol. The van der Waals surface area contributed by atoms with Gasteiger partial charge in [0.1, 0.15) is 17.4 Å². The van der Waals surface area contributed by atoms with E-state index in [-0.39, 0.29) is 6.42 Å². The second-order valence-corrected chi connectivity index (χ2v) is 8.90. The summed E-state index contributed by atoms with van der Waals surface area (Å²) in [6.07, 6.45) is 3.44. The maximum absolute atomic E-state index is 13.3. The van der Waals surface area contributed by atoms with E-state index in [1.165, 1.54) is 23.9 Å². The van der Waals surface area contributed by atoms with Gasteiger partial charge in [0.2, 0.25) is 0 Å². The van der Waals surface area contributed by atoms with Gasteiger partial charge in [-0.2, -0.15) is 10.4 Å². The third-order valence-corrected chi connectivity index (χ3v) is 5.04. The van der Waals surface area contributed by atoms with Crippen molar-refractivity contribution in [1.29, 1.82) is 5.26 Å². The summed E-state index contributed by atoms with van der Waals surface area (Å²) in [7, 11) is 3.27. The van der Waals surface area contributed by atoms with Crippen LogP contribution in [-0.4, -0.2) is 33.0 Å². The predicted octanol–water partition coefficient (Wildman–Crippen LogP) is 3.56. The number of methoxy groups -OCH3 is 1. The molecule has 0 amide bonds. The van der Waals surface area contributed by atoms with Gasteiger partial charge in [-0.3, -0.25) is 14.0 Å². The fourth-order valence-electron chi connectivity index (χ4n) is 3.56. The molecule has 8 heteroatoms. The van der Waals surface area contributed by atoms with Gasteiger partial charge < -0.3 is 9.47 Å². The number of hydrogen-bond donors (Lipinski definition) is 0. The molecule has 1 atom stereocenters. The smallest absolute Gasteiger partial charge is 0.330 e. The van der Waals surface area contributed by atoms with E-state index in [0.29, 0.717) is 28.1 Å². The summed E-state index contributed by atoms with van der Waals surface area (Å²) in [6, 6.07) is 9.78. The van der Waals surface area contributed by atoms with E-state index in [9.17, 15) is 14.9 Å². The average molecular weight is 449 g/mol. The third kappa shape index (κ3) is 5.50. The molecule has 0 N–H and O–H groups in total. The summed E-state index contributed by atoms with van der Waals surface area (Å²) in [5, 5.41) is 13.9. The Balaban J connectivity index is 2.15. The van der Waals surface area contributed by atoms with Crippen LogP contribution in [0.1, 0.15) is 43.6 Å². The molecule has 33 heavy (non-hydrogen) atoms. The molecule has 0 radical (unpaired) electrons. The Bertz CT molecular complexity index is 1270. The second-order valence-electron chi connectivity index (χ2n) is 8.90. The van der Waals surface area contributed by atoms with Crippen LogP contribution in [0, 0.1) is 18.3 Å². The van der Waals surface area contributed by atoms with Crippen molar-refractivity contribution in [3.63, 3.8) is 0 Å². The molecule has 0 aliphatic heterocycles. The summed E-state index contributed by atoms with van der Waals surface area (Å²) in [5.74, 6) is -0.176. The van der Waals surface area contributed by atoms with Crippen molar-refractivity contribution >= 4 is 5.97 Å². The molecular weight excluding hydrogens is 420 g/mol. The molecule has 0 aliphatic carbocycles. The fraction of sp³-hybridized carbons (Fsp3) is 0.360. The zero-order valence-corrected chi connectivity index (χ0v) is 19.7. The minimum atomic E-state index is -0.942. The Labute approximate surface area is 193 Å². The molecule has 0 fully saturated rings. The highest BCUT2D eigenvalue weighted by atomic mass is 16.6. The number of nitriles is 1. The van der Waals surface area contributed by atoms with Crippen molar-refractivity contribution in [2.75, 3.05) is 7.11 Å². The zero-order chi connectivity index (χ0) is 24.3. The molecule has 8 nitrogen and oxygen atoms in total. The molecule has 0 saturated heterocycles. The first-order valence-corrected chi connectivity index (χ1v) is 10.5. The quantitative estimate of drug-likeness (QED) is 0.535. The average Bonchev–Trinajstić information content (AvgIpc) is 3.15. The highest BCUT2D eigenvalue weighted by molar-refractivity contribution is 5.77. The van der Waals surface area contributed by atoms with Gasteiger partial charge in [-0.15, -0.1) is 0 Å². The lowest BCUT2D eigenvalue weighted by atomic mass is 9.98. The molecule has 0 bridgehead atoms. The minimum absolute atomic E-state index is 0.173. The minimum Gasteiger partial charge on any atom is -0.495 e. The summed E-state index contributed by atoms with van der Waals surface area (Å²) in [6.45, 7) is 7.23. The summed E-state index contributed by atoms with van der Waals surface area (Å²) >= 11 is 0.